The summed E-state index contributed by atoms with van der Waals surface area (Å²) in [6.07, 6.45) is 0. The summed E-state index contributed by atoms with van der Waals surface area (Å²) >= 11 is 0. The summed E-state index contributed by atoms with van der Waals surface area (Å²) in [7, 11) is -1.95. The molecule has 0 spiro atoms. The van der Waals surface area contributed by atoms with E-state index in [9.17, 15) is 10.1 Å². The SMILES string of the molecule is Cc1cc([N+](=O)[O-])cc(C)c1Oc1ccc(O[Si](C)(C)C(C)(C)C)c(C(C)C)c1. The molecule has 0 aromatic heterocycles. The van der Waals surface area contributed by atoms with Crippen molar-refractivity contribution in [3.63, 3.8) is 0 Å². The first-order valence-corrected chi connectivity index (χ1v) is 12.9. The number of rotatable bonds is 6. The number of benzene rings is 2. The molecule has 0 bridgehead atoms. The van der Waals surface area contributed by atoms with Gasteiger partial charge >= 0.3 is 0 Å². The van der Waals surface area contributed by atoms with Crippen molar-refractivity contribution in [1.82, 2.24) is 0 Å². The van der Waals surface area contributed by atoms with Crippen LogP contribution in [0.5, 0.6) is 17.2 Å². The zero-order valence-corrected chi connectivity index (χ0v) is 20.0. The topological polar surface area (TPSA) is 61.6 Å². The number of nitrogens with zero attached hydrogens (tertiary/aromatic N) is 1. The normalized spacial score (nSPS) is 12.2. The van der Waals surface area contributed by atoms with Gasteiger partial charge < -0.3 is 9.16 Å². The summed E-state index contributed by atoms with van der Waals surface area (Å²) < 4.78 is 12.7. The molecule has 0 aliphatic heterocycles. The highest BCUT2D eigenvalue weighted by Crippen LogP contribution is 2.41. The number of hydrogen-bond acceptors (Lipinski definition) is 4. The fourth-order valence-corrected chi connectivity index (χ4v) is 3.92. The van der Waals surface area contributed by atoms with E-state index in [0.29, 0.717) is 11.5 Å². The largest absolute Gasteiger partial charge is 0.543 e. The second-order valence-corrected chi connectivity index (χ2v) is 14.2. The number of hydrogen-bond donors (Lipinski definition) is 0. The Kier molecular flexibility index (Phi) is 6.47. The maximum Gasteiger partial charge on any atom is 0.270 e. The second kappa shape index (κ2) is 8.18. The Labute approximate surface area is 175 Å². The van der Waals surface area contributed by atoms with Gasteiger partial charge in [0.2, 0.25) is 8.32 Å². The van der Waals surface area contributed by atoms with E-state index in [1.807, 2.05) is 32.0 Å². The molecule has 0 saturated heterocycles. The van der Waals surface area contributed by atoms with Crippen molar-refractivity contribution in [3.8, 4) is 17.2 Å². The summed E-state index contributed by atoms with van der Waals surface area (Å²) in [4.78, 5) is 10.7. The predicted octanol–water partition coefficient (Wildman–Crippen LogP) is 7.51. The van der Waals surface area contributed by atoms with Crippen molar-refractivity contribution in [1.29, 1.82) is 0 Å². The predicted molar refractivity (Wildman–Crippen MR) is 121 cm³/mol. The quantitative estimate of drug-likeness (QED) is 0.278. The van der Waals surface area contributed by atoms with Gasteiger partial charge in [-0.1, -0.05) is 34.6 Å². The van der Waals surface area contributed by atoms with E-state index >= 15 is 0 Å². The highest BCUT2D eigenvalue weighted by atomic mass is 28.4. The minimum atomic E-state index is -1.95. The van der Waals surface area contributed by atoms with Gasteiger partial charge in [-0.3, -0.25) is 10.1 Å². The molecule has 0 aliphatic rings. The fraction of sp³-hybridized carbons (Fsp3) is 0.478. The lowest BCUT2D eigenvalue weighted by Crippen LogP contribution is -2.44. The lowest BCUT2D eigenvalue weighted by atomic mass is 10.0. The van der Waals surface area contributed by atoms with Crippen LogP contribution in [-0.2, 0) is 0 Å². The Morgan fingerprint density at radius 3 is 2.03 bits per heavy atom. The highest BCUT2D eigenvalue weighted by molar-refractivity contribution is 6.74. The van der Waals surface area contributed by atoms with Gasteiger partial charge in [-0.2, -0.15) is 0 Å². The van der Waals surface area contributed by atoms with Crippen LogP contribution in [0.1, 0.15) is 57.2 Å². The summed E-state index contributed by atoms with van der Waals surface area (Å²) in [5, 5.41) is 11.2. The van der Waals surface area contributed by atoms with E-state index < -0.39 is 8.32 Å². The van der Waals surface area contributed by atoms with E-state index in [-0.39, 0.29) is 21.6 Å². The summed E-state index contributed by atoms with van der Waals surface area (Å²) in [6, 6.07) is 9.00. The monoisotopic (exact) mass is 415 g/mol. The molecule has 158 valence electrons. The third-order valence-electron chi connectivity index (χ3n) is 5.65. The third-order valence-corrected chi connectivity index (χ3v) is 9.99. The summed E-state index contributed by atoms with van der Waals surface area (Å²) in [6.45, 7) is 19.1. The molecule has 0 atom stereocenters. The van der Waals surface area contributed by atoms with Crippen LogP contribution in [0, 0.1) is 24.0 Å². The van der Waals surface area contributed by atoms with Crippen molar-refractivity contribution in [2.75, 3.05) is 0 Å². The maximum absolute atomic E-state index is 11.1. The molecule has 2 aromatic rings. The standard InChI is InChI=1S/C23H33NO4Si/c1-15(2)20-14-19(10-11-21(20)28-29(8,9)23(5,6)7)27-22-16(3)12-18(24(25)26)13-17(22)4/h10-15H,1-9H3. The van der Waals surface area contributed by atoms with Crippen LogP contribution in [0.15, 0.2) is 30.3 Å². The van der Waals surface area contributed by atoms with Crippen LogP contribution in [0.3, 0.4) is 0 Å². The number of nitro groups is 1. The van der Waals surface area contributed by atoms with Gasteiger partial charge in [0.05, 0.1) is 4.92 Å². The Morgan fingerprint density at radius 2 is 1.59 bits per heavy atom. The average molecular weight is 416 g/mol. The van der Waals surface area contributed by atoms with Gasteiger partial charge in [0.15, 0.2) is 0 Å². The second-order valence-electron chi connectivity index (χ2n) is 9.48. The average Bonchev–Trinajstić information content (AvgIpc) is 2.57. The molecular formula is C23H33NO4Si. The number of non-ortho nitro benzene ring substituents is 1. The Balaban J connectivity index is 2.40. The van der Waals surface area contributed by atoms with Crippen LogP contribution in [0.2, 0.25) is 18.1 Å². The Hall–Kier alpha value is -2.34. The smallest absolute Gasteiger partial charge is 0.270 e. The summed E-state index contributed by atoms with van der Waals surface area (Å²) in [5.41, 5.74) is 2.66. The molecule has 0 aliphatic carbocycles. The molecule has 2 aromatic carbocycles. The van der Waals surface area contributed by atoms with Gasteiger partial charge in [0.25, 0.3) is 5.69 Å². The molecule has 5 nitrogen and oxygen atoms in total. The zero-order chi connectivity index (χ0) is 22.1. The fourth-order valence-electron chi connectivity index (χ4n) is 2.87. The Bertz CT molecular complexity index is 891. The van der Waals surface area contributed by atoms with Crippen molar-refractivity contribution in [3.05, 3.63) is 57.1 Å². The molecule has 29 heavy (non-hydrogen) atoms. The molecule has 0 saturated carbocycles. The van der Waals surface area contributed by atoms with Crippen molar-refractivity contribution in [2.24, 2.45) is 0 Å². The highest BCUT2D eigenvalue weighted by Gasteiger charge is 2.39. The molecule has 0 radical (unpaired) electrons. The summed E-state index contributed by atoms with van der Waals surface area (Å²) in [5.74, 6) is 2.55. The minimum absolute atomic E-state index is 0.0772. The van der Waals surface area contributed by atoms with E-state index in [0.717, 1.165) is 22.4 Å². The van der Waals surface area contributed by atoms with Crippen LogP contribution < -0.4 is 9.16 Å². The molecule has 6 heteroatoms. The van der Waals surface area contributed by atoms with Gasteiger partial charge in [0.1, 0.15) is 17.2 Å². The molecule has 0 heterocycles. The van der Waals surface area contributed by atoms with Crippen LogP contribution in [0.4, 0.5) is 5.69 Å². The van der Waals surface area contributed by atoms with Gasteiger partial charge in [0, 0.05) is 12.1 Å². The first kappa shape index (κ1) is 22.9. The number of aryl methyl sites for hydroxylation is 2. The number of nitro benzene ring substituents is 1. The van der Waals surface area contributed by atoms with E-state index in [4.69, 9.17) is 9.16 Å². The lowest BCUT2D eigenvalue weighted by Gasteiger charge is -2.37. The first-order valence-electron chi connectivity index (χ1n) is 9.99. The Morgan fingerprint density at radius 1 is 1.03 bits per heavy atom. The van der Waals surface area contributed by atoms with Crippen molar-refractivity contribution >= 4 is 14.0 Å². The zero-order valence-electron chi connectivity index (χ0n) is 19.0. The third kappa shape index (κ3) is 5.18. The maximum atomic E-state index is 11.1. The van der Waals surface area contributed by atoms with Crippen molar-refractivity contribution < 1.29 is 14.1 Å². The number of ether oxygens (including phenoxy) is 1. The van der Waals surface area contributed by atoms with Crippen LogP contribution >= 0.6 is 0 Å². The first-order chi connectivity index (χ1) is 13.2. The minimum Gasteiger partial charge on any atom is -0.543 e. The molecule has 0 unspecified atom stereocenters. The van der Waals surface area contributed by atoms with E-state index in [1.165, 1.54) is 0 Å². The molecule has 0 fully saturated rings. The molecule has 2 rings (SSSR count). The van der Waals surface area contributed by atoms with E-state index in [1.54, 1.807) is 12.1 Å². The van der Waals surface area contributed by atoms with E-state index in [2.05, 4.69) is 47.7 Å². The van der Waals surface area contributed by atoms with Crippen LogP contribution in [-0.4, -0.2) is 13.2 Å². The van der Waals surface area contributed by atoms with Gasteiger partial charge in [-0.25, -0.2) is 0 Å². The lowest BCUT2D eigenvalue weighted by molar-refractivity contribution is -0.385. The molecule has 0 N–H and O–H groups in total. The molecule has 0 amide bonds. The van der Waals surface area contributed by atoms with Crippen molar-refractivity contribution in [2.45, 2.75) is 72.5 Å². The van der Waals surface area contributed by atoms with Crippen LogP contribution in [0.25, 0.3) is 0 Å². The molecular weight excluding hydrogens is 382 g/mol. The van der Waals surface area contributed by atoms with Gasteiger partial charge in [-0.05, 0) is 72.8 Å². The van der Waals surface area contributed by atoms with Gasteiger partial charge in [-0.15, -0.1) is 0 Å².